The smallest absolute Gasteiger partial charge is 0.344 e. The van der Waals surface area contributed by atoms with Crippen LogP contribution >= 0.6 is 16.3 Å². The van der Waals surface area contributed by atoms with Gasteiger partial charge in [0.25, 0.3) is 8.38 Å². The van der Waals surface area contributed by atoms with Gasteiger partial charge in [0.1, 0.15) is 6.54 Å². The van der Waals surface area contributed by atoms with Gasteiger partial charge >= 0.3 is 13.0 Å². The first kappa shape index (κ1) is 14.8. The van der Waals surface area contributed by atoms with E-state index >= 15 is 0 Å². The van der Waals surface area contributed by atoms with Crippen LogP contribution in [0.1, 0.15) is 0 Å². The molecular weight excluding hydrogens is 276 g/mol. The first-order chi connectivity index (χ1) is 7.81. The predicted octanol–water partition coefficient (Wildman–Crippen LogP) is -1.52. The summed E-state index contributed by atoms with van der Waals surface area (Å²) in [6, 6.07) is 0. The van der Waals surface area contributed by atoms with Crippen LogP contribution < -0.4 is 5.64 Å². The molecule has 0 saturated carbocycles. The fourth-order valence-corrected chi connectivity index (χ4v) is 2.91. The molecule has 0 aliphatic rings. The van der Waals surface area contributed by atoms with E-state index in [0.29, 0.717) is 0 Å². The molecule has 0 aromatic carbocycles. The highest BCUT2D eigenvalue weighted by Gasteiger charge is 2.65. The molecule has 0 fully saturated rings. The number of aliphatic hydroxyl groups is 1. The van der Waals surface area contributed by atoms with Gasteiger partial charge in [-0.25, -0.2) is 9.61 Å². The summed E-state index contributed by atoms with van der Waals surface area (Å²) in [7, 11) is -7.83. The predicted molar refractivity (Wildman–Crippen MR) is 55.9 cm³/mol. The standard InChI is InChI=1S/C5H12N3O7P2/c9-5(17(12,13)14,16(11)15-7-10)3-8-2-1-6-4-8/h1-2,4,7,9-14H,3H2/q+1/t5?,16-/m0/s1. The summed E-state index contributed by atoms with van der Waals surface area (Å²) in [6.45, 7) is -0.589. The summed E-state index contributed by atoms with van der Waals surface area (Å²) in [5.41, 5.74) is 1.10. The number of imidazole rings is 1. The monoisotopic (exact) mass is 288 g/mol. The third-order valence-corrected chi connectivity index (χ3v) is 5.30. The molecule has 10 nitrogen and oxygen atoms in total. The van der Waals surface area contributed by atoms with E-state index in [2.05, 4.69) is 9.61 Å². The number of nitrogens with zero attached hydrogens (tertiary/aromatic N) is 2. The molecule has 98 valence electrons. The van der Waals surface area contributed by atoms with Crippen molar-refractivity contribution in [3.8, 4) is 0 Å². The first-order valence-electron chi connectivity index (χ1n) is 4.12. The molecule has 7 N–H and O–H groups in total. The van der Waals surface area contributed by atoms with E-state index < -0.39 is 27.9 Å². The third kappa shape index (κ3) is 3.36. The number of nitrogens with one attached hydrogen (secondary N) is 1. The van der Waals surface area contributed by atoms with Gasteiger partial charge in [-0.15, -0.1) is 0 Å². The minimum atomic E-state index is -4.86. The van der Waals surface area contributed by atoms with Crippen LogP contribution in [0.2, 0.25) is 0 Å². The second-order valence-corrected chi connectivity index (χ2v) is 6.73. The molecule has 0 radical (unpaired) electrons. The molecule has 0 bridgehead atoms. The average Bonchev–Trinajstić information content (AvgIpc) is 2.68. The summed E-state index contributed by atoms with van der Waals surface area (Å²) in [5.74, 6) is 0. The van der Waals surface area contributed by atoms with Crippen molar-refractivity contribution in [1.29, 1.82) is 0 Å². The van der Waals surface area contributed by atoms with Crippen LogP contribution in [0.5, 0.6) is 0 Å². The van der Waals surface area contributed by atoms with Crippen LogP contribution in [0.3, 0.4) is 0 Å². The fourth-order valence-electron chi connectivity index (χ4n) is 1.01. The summed E-state index contributed by atoms with van der Waals surface area (Å²) in [6.07, 6.45) is 3.92. The highest BCUT2D eigenvalue weighted by atomic mass is 31.3. The molecule has 12 heteroatoms. The zero-order valence-corrected chi connectivity index (χ0v) is 10.1. The number of rotatable bonds is 6. The van der Waals surface area contributed by atoms with Crippen LogP contribution in [0, 0.1) is 0 Å². The molecule has 1 aromatic heterocycles. The van der Waals surface area contributed by atoms with E-state index in [-0.39, 0.29) is 0 Å². The second-order valence-electron chi connectivity index (χ2n) is 3.03. The van der Waals surface area contributed by atoms with E-state index in [1.54, 1.807) is 0 Å². The van der Waals surface area contributed by atoms with Gasteiger partial charge in [0.05, 0.1) is 6.33 Å². The highest BCUT2D eigenvalue weighted by molar-refractivity contribution is 7.73. The van der Waals surface area contributed by atoms with Gasteiger partial charge in [-0.1, -0.05) is 5.64 Å². The normalized spacial score (nSPS) is 17.8. The van der Waals surface area contributed by atoms with Gasteiger partial charge in [-0.3, -0.25) is 5.21 Å². The van der Waals surface area contributed by atoms with Crippen molar-refractivity contribution in [2.75, 3.05) is 0 Å². The lowest BCUT2D eigenvalue weighted by Crippen LogP contribution is -2.36. The van der Waals surface area contributed by atoms with Crippen molar-refractivity contribution >= 4 is 16.3 Å². The second kappa shape index (κ2) is 5.59. The minimum Gasteiger partial charge on any atom is -0.344 e. The Labute approximate surface area is 97.2 Å². The molecule has 1 rings (SSSR count). The van der Waals surface area contributed by atoms with E-state index in [4.69, 9.17) is 19.9 Å². The number of hydrogen-bond acceptors (Lipinski definition) is 9. The van der Waals surface area contributed by atoms with Crippen LogP contribution in [0.25, 0.3) is 0 Å². The Kier molecular flexibility index (Phi) is 4.87. The molecule has 1 heterocycles. The van der Waals surface area contributed by atoms with Gasteiger partial charge in [-0.2, -0.15) is 14.7 Å². The summed E-state index contributed by atoms with van der Waals surface area (Å²) in [5, 5.41) is 15.3. The topological polar surface area (TPSA) is 160 Å². The highest BCUT2D eigenvalue weighted by Crippen LogP contribution is 2.70. The maximum absolute atomic E-state index is 9.87. The Morgan fingerprint density at radius 2 is 2.12 bits per heavy atom. The Hall–Kier alpha value is -0.250. The molecule has 0 saturated heterocycles. The molecular formula is C5H12N3O7P2+. The zero-order chi connectivity index (χ0) is 13.1. The van der Waals surface area contributed by atoms with Gasteiger partial charge in [0.15, 0.2) is 0 Å². The lowest BCUT2D eigenvalue weighted by atomic mass is 10.6. The molecule has 17 heavy (non-hydrogen) atoms. The van der Waals surface area contributed by atoms with E-state index in [0.717, 1.165) is 5.64 Å². The molecule has 0 spiro atoms. The van der Waals surface area contributed by atoms with Gasteiger partial charge in [0, 0.05) is 12.4 Å². The van der Waals surface area contributed by atoms with Crippen molar-refractivity contribution in [3.05, 3.63) is 18.7 Å². The van der Waals surface area contributed by atoms with E-state index in [1.165, 1.54) is 23.3 Å². The Morgan fingerprint density at radius 1 is 1.47 bits per heavy atom. The lowest BCUT2D eigenvalue weighted by Gasteiger charge is -2.28. The number of hydrogen-bond donors (Lipinski definition) is 7. The van der Waals surface area contributed by atoms with Crippen molar-refractivity contribution < 1.29 is 34.5 Å². The summed E-state index contributed by atoms with van der Waals surface area (Å²) >= 11 is 0. The van der Waals surface area contributed by atoms with Crippen LogP contribution in [-0.2, 0) is 11.2 Å². The maximum atomic E-state index is 9.87. The zero-order valence-electron chi connectivity index (χ0n) is 8.32. The van der Waals surface area contributed by atoms with Crippen LogP contribution in [0.15, 0.2) is 18.7 Å². The molecule has 1 aromatic rings. The van der Waals surface area contributed by atoms with Crippen molar-refractivity contribution in [2.24, 2.45) is 0 Å². The summed E-state index contributed by atoms with van der Waals surface area (Å²) < 4.78 is 5.26. The number of aromatic nitrogens is 2. The van der Waals surface area contributed by atoms with Crippen molar-refractivity contribution in [2.45, 2.75) is 11.6 Å². The van der Waals surface area contributed by atoms with Gasteiger partial charge in [0.2, 0.25) is 0 Å². The average molecular weight is 288 g/mol. The largest absolute Gasteiger partial charge is 0.449 e. The molecule has 0 aliphatic heterocycles. The van der Waals surface area contributed by atoms with Gasteiger partial charge in [-0.05, 0) is 0 Å². The van der Waals surface area contributed by atoms with Crippen molar-refractivity contribution in [3.63, 3.8) is 0 Å². The Bertz CT molecular complexity index is 344. The first-order valence-corrected chi connectivity index (χ1v) is 6.98. The summed E-state index contributed by atoms with van der Waals surface area (Å²) in [4.78, 5) is 40.4. The fraction of sp³-hybridized carbons (Fsp3) is 0.400. The molecule has 2 atom stereocenters. The Morgan fingerprint density at radius 3 is 2.53 bits per heavy atom. The molecule has 1 unspecified atom stereocenters. The van der Waals surface area contributed by atoms with Gasteiger partial charge < -0.3 is 14.6 Å². The SMILES string of the molecule is ONO[P@](O)C(O)(Cn1ccnc1)[P+](O)(O)O. The van der Waals surface area contributed by atoms with Crippen LogP contribution in [-0.4, -0.2) is 44.5 Å². The van der Waals surface area contributed by atoms with Crippen molar-refractivity contribution in [1.82, 2.24) is 15.2 Å². The molecule has 0 aliphatic carbocycles. The third-order valence-electron chi connectivity index (χ3n) is 1.87. The lowest BCUT2D eigenvalue weighted by molar-refractivity contribution is -0.0513. The quantitative estimate of drug-likeness (QED) is 0.243. The Balaban J connectivity index is 2.94. The minimum absolute atomic E-state index is 0.589. The maximum Gasteiger partial charge on any atom is 0.449 e. The van der Waals surface area contributed by atoms with E-state index in [1.807, 2.05) is 0 Å². The van der Waals surface area contributed by atoms with Crippen LogP contribution in [0.4, 0.5) is 0 Å². The molecule has 0 amide bonds. The van der Waals surface area contributed by atoms with E-state index in [9.17, 15) is 10.00 Å².